The van der Waals surface area contributed by atoms with Crippen LogP contribution in [0.2, 0.25) is 0 Å². The maximum Gasteiger partial charge on any atom is 0.264 e. The van der Waals surface area contributed by atoms with E-state index in [2.05, 4.69) is 26.9 Å². The number of rotatable bonds is 8. The number of sulfonamides is 1. The maximum atomic E-state index is 13.0. The Morgan fingerprint density at radius 2 is 1.60 bits per heavy atom. The molecule has 0 aliphatic carbocycles. The average Bonchev–Trinajstić information content (AvgIpc) is 2.75. The van der Waals surface area contributed by atoms with Crippen molar-refractivity contribution in [3.63, 3.8) is 0 Å². The highest BCUT2D eigenvalue weighted by molar-refractivity contribution is 7.92. The second-order valence-corrected chi connectivity index (χ2v) is 8.65. The Bertz CT molecular complexity index is 1070. The highest BCUT2D eigenvalue weighted by Gasteiger charge is 2.26. The molecule has 0 aliphatic rings. The molecule has 0 saturated carbocycles. The van der Waals surface area contributed by atoms with E-state index < -0.39 is 10.0 Å². The van der Waals surface area contributed by atoms with Gasteiger partial charge in [0.05, 0.1) is 10.8 Å². The smallest absolute Gasteiger partial charge is 0.264 e. The van der Waals surface area contributed by atoms with Gasteiger partial charge < -0.3 is 5.32 Å². The van der Waals surface area contributed by atoms with E-state index >= 15 is 0 Å². The van der Waals surface area contributed by atoms with E-state index in [1.165, 1.54) is 24.5 Å². The van der Waals surface area contributed by atoms with Crippen molar-refractivity contribution in [2.75, 3.05) is 10.0 Å². The molecule has 8 heteroatoms. The molecule has 3 rings (SSSR count). The van der Waals surface area contributed by atoms with Gasteiger partial charge in [-0.25, -0.2) is 23.1 Å². The third kappa shape index (κ3) is 5.21. The first kappa shape index (κ1) is 21.4. The summed E-state index contributed by atoms with van der Waals surface area (Å²) in [7, 11) is -3.82. The van der Waals surface area contributed by atoms with E-state index in [1.807, 2.05) is 37.3 Å². The van der Waals surface area contributed by atoms with E-state index in [1.54, 1.807) is 18.2 Å². The van der Waals surface area contributed by atoms with Crippen molar-refractivity contribution in [3.05, 3.63) is 78.6 Å². The summed E-state index contributed by atoms with van der Waals surface area (Å²) in [5.74, 6) is -0.269. The molecular formula is C22H24N4O3S. The lowest BCUT2D eigenvalue weighted by Crippen LogP contribution is -2.26. The van der Waals surface area contributed by atoms with Crippen LogP contribution in [0.5, 0.6) is 0 Å². The lowest BCUT2D eigenvalue weighted by Gasteiger charge is -2.23. The van der Waals surface area contributed by atoms with Gasteiger partial charge in [0.2, 0.25) is 11.9 Å². The molecule has 2 aromatic carbocycles. The number of amides is 1. The van der Waals surface area contributed by atoms with Crippen LogP contribution in [0.3, 0.4) is 0 Å². The summed E-state index contributed by atoms with van der Waals surface area (Å²) in [6, 6.07) is 17.2. The van der Waals surface area contributed by atoms with Crippen molar-refractivity contribution >= 4 is 27.6 Å². The minimum absolute atomic E-state index is 0.00543. The molecule has 2 unspecified atom stereocenters. The topological polar surface area (TPSA) is 101 Å². The standard InChI is InChI=1S/C22H24N4O3S/c1-3-16(2)20(17-8-5-4-6-9-17)21(27)25-18-10-12-19(13-11-18)30(28,29)26-22-23-14-7-15-24-22/h4-16,20H,3H2,1-2H3,(H,25,27)(H,23,24,26). The molecule has 1 heterocycles. The number of carbonyl (C=O) groups excluding carboxylic acids is 1. The summed E-state index contributed by atoms with van der Waals surface area (Å²) in [6.45, 7) is 4.10. The Morgan fingerprint density at radius 3 is 2.20 bits per heavy atom. The molecule has 1 aromatic heterocycles. The number of hydrogen-bond donors (Lipinski definition) is 2. The van der Waals surface area contributed by atoms with Gasteiger partial charge in [-0.3, -0.25) is 4.79 Å². The molecule has 0 fully saturated rings. The fraction of sp³-hybridized carbons (Fsp3) is 0.227. The highest BCUT2D eigenvalue weighted by atomic mass is 32.2. The van der Waals surface area contributed by atoms with Gasteiger partial charge in [0, 0.05) is 18.1 Å². The molecular weight excluding hydrogens is 400 g/mol. The third-order valence-corrected chi connectivity index (χ3v) is 6.22. The Kier molecular flexibility index (Phi) is 6.79. The maximum absolute atomic E-state index is 13.0. The normalized spacial score (nSPS) is 13.3. The highest BCUT2D eigenvalue weighted by Crippen LogP contribution is 2.28. The molecule has 0 bridgehead atoms. The van der Waals surface area contributed by atoms with E-state index in [-0.39, 0.29) is 28.6 Å². The van der Waals surface area contributed by atoms with Gasteiger partial charge >= 0.3 is 0 Å². The van der Waals surface area contributed by atoms with Gasteiger partial charge in [-0.2, -0.15) is 0 Å². The quantitative estimate of drug-likeness (QED) is 0.568. The molecule has 1 amide bonds. The number of nitrogens with zero attached hydrogens (tertiary/aromatic N) is 2. The van der Waals surface area contributed by atoms with E-state index in [0.29, 0.717) is 5.69 Å². The summed E-state index contributed by atoms with van der Waals surface area (Å²) in [4.78, 5) is 20.8. The lowest BCUT2D eigenvalue weighted by atomic mass is 9.85. The van der Waals surface area contributed by atoms with Crippen molar-refractivity contribution in [2.24, 2.45) is 5.92 Å². The van der Waals surface area contributed by atoms with Gasteiger partial charge in [-0.05, 0) is 41.8 Å². The summed E-state index contributed by atoms with van der Waals surface area (Å²) in [6.07, 6.45) is 3.76. The summed E-state index contributed by atoms with van der Waals surface area (Å²) in [5, 5.41) is 2.91. The molecule has 3 aromatic rings. The number of anilines is 2. The van der Waals surface area contributed by atoms with Crippen LogP contribution < -0.4 is 10.0 Å². The molecule has 2 atom stereocenters. The summed E-state index contributed by atoms with van der Waals surface area (Å²) < 4.78 is 27.3. The molecule has 0 aliphatic heterocycles. The van der Waals surface area contributed by atoms with Crippen LogP contribution in [0.1, 0.15) is 31.7 Å². The Hall–Kier alpha value is -3.26. The van der Waals surface area contributed by atoms with Gasteiger partial charge in [0.25, 0.3) is 10.0 Å². The predicted octanol–water partition coefficient (Wildman–Crippen LogP) is 4.05. The molecule has 0 saturated heterocycles. The summed E-state index contributed by atoms with van der Waals surface area (Å²) >= 11 is 0. The summed E-state index contributed by atoms with van der Waals surface area (Å²) in [5.41, 5.74) is 1.48. The zero-order valence-corrected chi connectivity index (χ0v) is 17.6. The van der Waals surface area contributed by atoms with Crippen LogP contribution >= 0.6 is 0 Å². The van der Waals surface area contributed by atoms with Crippen molar-refractivity contribution in [3.8, 4) is 0 Å². The zero-order valence-electron chi connectivity index (χ0n) is 16.8. The fourth-order valence-electron chi connectivity index (χ4n) is 3.10. The van der Waals surface area contributed by atoms with Gasteiger partial charge in [0.15, 0.2) is 0 Å². The number of aromatic nitrogens is 2. The molecule has 2 N–H and O–H groups in total. The van der Waals surface area contributed by atoms with Gasteiger partial charge in [0.1, 0.15) is 0 Å². The second kappa shape index (κ2) is 9.49. The number of hydrogen-bond acceptors (Lipinski definition) is 5. The minimum atomic E-state index is -3.82. The van der Waals surface area contributed by atoms with Gasteiger partial charge in [-0.15, -0.1) is 0 Å². The van der Waals surface area contributed by atoms with Crippen LogP contribution in [0, 0.1) is 5.92 Å². The van der Waals surface area contributed by atoms with Crippen molar-refractivity contribution in [2.45, 2.75) is 31.1 Å². The average molecular weight is 425 g/mol. The first-order valence-electron chi connectivity index (χ1n) is 9.66. The van der Waals surface area contributed by atoms with Crippen molar-refractivity contribution in [1.29, 1.82) is 0 Å². The molecule has 30 heavy (non-hydrogen) atoms. The minimum Gasteiger partial charge on any atom is -0.326 e. The van der Waals surface area contributed by atoms with Crippen molar-refractivity contribution in [1.82, 2.24) is 9.97 Å². The second-order valence-electron chi connectivity index (χ2n) is 6.97. The largest absolute Gasteiger partial charge is 0.326 e. The first-order valence-corrected chi connectivity index (χ1v) is 11.1. The zero-order chi connectivity index (χ0) is 21.6. The number of carbonyl (C=O) groups is 1. The van der Waals surface area contributed by atoms with Crippen LogP contribution in [0.4, 0.5) is 11.6 Å². The predicted molar refractivity (Wildman–Crippen MR) is 117 cm³/mol. The van der Waals surface area contributed by atoms with E-state index in [4.69, 9.17) is 0 Å². The van der Waals surface area contributed by atoms with Crippen LogP contribution in [-0.4, -0.2) is 24.3 Å². The van der Waals surface area contributed by atoms with Crippen LogP contribution in [0.15, 0.2) is 78.0 Å². The molecule has 156 valence electrons. The fourth-order valence-corrected chi connectivity index (χ4v) is 4.06. The number of benzene rings is 2. The van der Waals surface area contributed by atoms with Crippen molar-refractivity contribution < 1.29 is 13.2 Å². The first-order chi connectivity index (χ1) is 14.4. The van der Waals surface area contributed by atoms with Crippen LogP contribution in [-0.2, 0) is 14.8 Å². The molecule has 0 spiro atoms. The monoisotopic (exact) mass is 424 g/mol. The van der Waals surface area contributed by atoms with E-state index in [9.17, 15) is 13.2 Å². The molecule has 0 radical (unpaired) electrons. The van der Waals surface area contributed by atoms with Gasteiger partial charge in [-0.1, -0.05) is 50.6 Å². The van der Waals surface area contributed by atoms with Crippen LogP contribution in [0.25, 0.3) is 0 Å². The Balaban J connectivity index is 1.75. The Labute approximate surface area is 176 Å². The SMILES string of the molecule is CCC(C)C(C(=O)Nc1ccc(S(=O)(=O)Nc2ncccn2)cc1)c1ccccc1. The third-order valence-electron chi connectivity index (χ3n) is 4.88. The lowest BCUT2D eigenvalue weighted by molar-refractivity contribution is -0.118. The number of nitrogens with one attached hydrogen (secondary N) is 2. The van der Waals surface area contributed by atoms with E-state index in [0.717, 1.165) is 12.0 Å². The molecule has 7 nitrogen and oxygen atoms in total. The Morgan fingerprint density at radius 1 is 0.967 bits per heavy atom.